The number of para-hydroxylation sites is 1. The molecule has 7 nitrogen and oxygen atoms in total. The molecule has 1 N–H and O–H groups in total. The Labute approximate surface area is 192 Å². The zero-order valence-corrected chi connectivity index (χ0v) is 19.0. The lowest BCUT2D eigenvalue weighted by molar-refractivity contribution is -0.140. The standard InChI is InChI=1S/C24H26ClNO6/c1-4-32-19-14-15(10-11-17(19)25)22(27)20-21(16-8-5-6-9-18(16)31-3)26(12-7-13-30-2)24(29)23(20)28/h5-6,8-11,14,21,27H,4,7,12-13H2,1-3H3/b22-20+. The Hall–Kier alpha value is -3.03. The molecule has 0 aliphatic carbocycles. The molecular formula is C24H26ClNO6. The van der Waals surface area contributed by atoms with Gasteiger partial charge in [-0.3, -0.25) is 9.59 Å². The van der Waals surface area contributed by atoms with Gasteiger partial charge in [-0.25, -0.2) is 0 Å². The fourth-order valence-corrected chi connectivity index (χ4v) is 3.95. The van der Waals surface area contributed by atoms with Crippen LogP contribution < -0.4 is 9.47 Å². The molecule has 1 aliphatic rings. The van der Waals surface area contributed by atoms with E-state index in [4.69, 9.17) is 25.8 Å². The highest BCUT2D eigenvalue weighted by molar-refractivity contribution is 6.46. The third-order valence-electron chi connectivity index (χ3n) is 5.23. The second-order valence-corrected chi connectivity index (χ2v) is 7.57. The molecule has 2 aromatic rings. The van der Waals surface area contributed by atoms with Crippen LogP contribution in [0.15, 0.2) is 48.0 Å². The number of benzene rings is 2. The fraction of sp³-hybridized carbons (Fsp3) is 0.333. The highest BCUT2D eigenvalue weighted by atomic mass is 35.5. The van der Waals surface area contributed by atoms with Crippen LogP contribution in [0.5, 0.6) is 11.5 Å². The third-order valence-corrected chi connectivity index (χ3v) is 5.54. The van der Waals surface area contributed by atoms with Gasteiger partial charge in [0.2, 0.25) is 0 Å². The average molecular weight is 460 g/mol. The molecule has 3 rings (SSSR count). The number of methoxy groups -OCH3 is 2. The minimum Gasteiger partial charge on any atom is -0.507 e. The van der Waals surface area contributed by atoms with Crippen LogP contribution in [0.3, 0.4) is 0 Å². The normalized spacial score (nSPS) is 17.6. The van der Waals surface area contributed by atoms with Gasteiger partial charge in [0.25, 0.3) is 11.7 Å². The van der Waals surface area contributed by atoms with Gasteiger partial charge in [-0.15, -0.1) is 0 Å². The number of carbonyl (C=O) groups excluding carboxylic acids is 2. The molecule has 32 heavy (non-hydrogen) atoms. The van der Waals surface area contributed by atoms with Crippen molar-refractivity contribution >= 4 is 29.1 Å². The van der Waals surface area contributed by atoms with Crippen LogP contribution in [0.2, 0.25) is 5.02 Å². The van der Waals surface area contributed by atoms with E-state index in [-0.39, 0.29) is 17.9 Å². The number of ketones is 1. The highest BCUT2D eigenvalue weighted by Gasteiger charge is 2.46. The second-order valence-electron chi connectivity index (χ2n) is 7.16. The number of carbonyl (C=O) groups is 2. The van der Waals surface area contributed by atoms with Crippen molar-refractivity contribution in [2.45, 2.75) is 19.4 Å². The number of Topliss-reactive ketones (excluding diaryl/α,β-unsaturated/α-hetero) is 1. The summed E-state index contributed by atoms with van der Waals surface area (Å²) in [5.41, 5.74) is 0.918. The molecule has 0 saturated carbocycles. The van der Waals surface area contributed by atoms with Crippen molar-refractivity contribution in [3.8, 4) is 11.5 Å². The lowest BCUT2D eigenvalue weighted by Crippen LogP contribution is -2.31. The SMILES string of the molecule is CCOc1cc(/C(O)=C2\C(=O)C(=O)N(CCCOC)C2c2ccccc2OC)ccc1Cl. The Morgan fingerprint density at radius 3 is 2.56 bits per heavy atom. The van der Waals surface area contributed by atoms with Gasteiger partial charge >= 0.3 is 0 Å². The maximum Gasteiger partial charge on any atom is 0.295 e. The molecule has 0 aromatic heterocycles. The van der Waals surface area contributed by atoms with E-state index >= 15 is 0 Å². The van der Waals surface area contributed by atoms with Crippen molar-refractivity contribution in [3.05, 3.63) is 64.2 Å². The Morgan fingerprint density at radius 2 is 1.88 bits per heavy atom. The summed E-state index contributed by atoms with van der Waals surface area (Å²) in [4.78, 5) is 27.5. The predicted octanol–water partition coefficient (Wildman–Crippen LogP) is 4.21. The monoisotopic (exact) mass is 459 g/mol. The highest BCUT2D eigenvalue weighted by Crippen LogP contribution is 2.43. The number of ether oxygens (including phenoxy) is 3. The van der Waals surface area contributed by atoms with Crippen molar-refractivity contribution in [1.82, 2.24) is 4.90 Å². The molecular weight excluding hydrogens is 434 g/mol. The van der Waals surface area contributed by atoms with Crippen molar-refractivity contribution in [1.29, 1.82) is 0 Å². The lowest BCUT2D eigenvalue weighted by Gasteiger charge is -2.26. The van der Waals surface area contributed by atoms with Crippen molar-refractivity contribution in [2.24, 2.45) is 0 Å². The summed E-state index contributed by atoms with van der Waals surface area (Å²) in [6.45, 7) is 2.91. The maximum absolute atomic E-state index is 13.1. The first kappa shape index (κ1) is 23.6. The van der Waals surface area contributed by atoms with Crippen LogP contribution in [0.4, 0.5) is 0 Å². The summed E-state index contributed by atoms with van der Waals surface area (Å²) in [6.07, 6.45) is 0.532. The van der Waals surface area contributed by atoms with E-state index in [9.17, 15) is 14.7 Å². The van der Waals surface area contributed by atoms with E-state index in [0.717, 1.165) is 0 Å². The van der Waals surface area contributed by atoms with Gasteiger partial charge in [0.05, 0.1) is 30.4 Å². The van der Waals surface area contributed by atoms with Crippen molar-refractivity contribution in [2.75, 3.05) is 34.0 Å². The van der Waals surface area contributed by atoms with Gasteiger partial charge in [-0.1, -0.05) is 29.8 Å². The molecule has 1 fully saturated rings. The molecule has 2 aromatic carbocycles. The van der Waals surface area contributed by atoms with Crippen LogP contribution in [0.1, 0.15) is 30.5 Å². The summed E-state index contributed by atoms with van der Waals surface area (Å²) < 4.78 is 16.1. The number of aliphatic hydroxyl groups excluding tert-OH is 1. The first-order valence-corrected chi connectivity index (χ1v) is 10.6. The maximum atomic E-state index is 13.1. The van der Waals surface area contributed by atoms with Crippen LogP contribution in [-0.4, -0.2) is 55.7 Å². The van der Waals surface area contributed by atoms with Gasteiger partial charge in [-0.05, 0) is 37.6 Å². The number of aliphatic hydroxyl groups is 1. The van der Waals surface area contributed by atoms with E-state index in [1.165, 1.54) is 12.0 Å². The smallest absolute Gasteiger partial charge is 0.295 e. The molecule has 1 heterocycles. The quantitative estimate of drug-likeness (QED) is 0.262. The first-order chi connectivity index (χ1) is 15.4. The number of hydrogen-bond acceptors (Lipinski definition) is 6. The van der Waals surface area contributed by atoms with Gasteiger partial charge < -0.3 is 24.2 Å². The van der Waals surface area contributed by atoms with E-state index in [2.05, 4.69) is 0 Å². The van der Waals surface area contributed by atoms with Crippen molar-refractivity contribution in [3.63, 3.8) is 0 Å². The molecule has 1 aliphatic heterocycles. The number of likely N-dealkylation sites (tertiary alicyclic amines) is 1. The molecule has 1 unspecified atom stereocenters. The van der Waals surface area contributed by atoms with Crippen LogP contribution in [0.25, 0.3) is 5.76 Å². The third kappa shape index (κ3) is 4.59. The van der Waals surface area contributed by atoms with Crippen LogP contribution in [-0.2, 0) is 14.3 Å². The fourth-order valence-electron chi connectivity index (χ4n) is 3.78. The summed E-state index contributed by atoms with van der Waals surface area (Å²) in [5.74, 6) is -0.859. The molecule has 0 spiro atoms. The largest absolute Gasteiger partial charge is 0.507 e. The molecule has 1 atom stereocenters. The Balaban J connectivity index is 2.17. The van der Waals surface area contributed by atoms with Gasteiger partial charge in [0.1, 0.15) is 17.3 Å². The summed E-state index contributed by atoms with van der Waals surface area (Å²) in [7, 11) is 3.09. The lowest BCUT2D eigenvalue weighted by atomic mass is 9.94. The average Bonchev–Trinajstić information content (AvgIpc) is 3.05. The van der Waals surface area contributed by atoms with E-state index in [0.29, 0.717) is 47.3 Å². The van der Waals surface area contributed by atoms with Gasteiger partial charge in [0.15, 0.2) is 0 Å². The topological polar surface area (TPSA) is 85.3 Å². The van der Waals surface area contributed by atoms with Gasteiger partial charge in [-0.2, -0.15) is 0 Å². The number of rotatable bonds is 9. The molecule has 0 radical (unpaired) electrons. The zero-order chi connectivity index (χ0) is 23.3. The van der Waals surface area contributed by atoms with E-state index in [1.807, 2.05) is 6.92 Å². The minimum absolute atomic E-state index is 0.0123. The number of nitrogens with zero attached hydrogens (tertiary/aromatic N) is 1. The number of halogens is 1. The number of hydrogen-bond donors (Lipinski definition) is 1. The summed E-state index contributed by atoms with van der Waals surface area (Å²) in [5, 5.41) is 11.6. The first-order valence-electron chi connectivity index (χ1n) is 10.3. The number of amides is 1. The van der Waals surface area contributed by atoms with Gasteiger partial charge in [0, 0.05) is 31.4 Å². The van der Waals surface area contributed by atoms with E-state index < -0.39 is 17.7 Å². The predicted molar refractivity (Wildman–Crippen MR) is 121 cm³/mol. The molecule has 170 valence electrons. The summed E-state index contributed by atoms with van der Waals surface area (Å²) in [6, 6.07) is 11.0. The zero-order valence-electron chi connectivity index (χ0n) is 18.3. The molecule has 1 saturated heterocycles. The Morgan fingerprint density at radius 1 is 1.12 bits per heavy atom. The summed E-state index contributed by atoms with van der Waals surface area (Å²) >= 11 is 6.17. The van der Waals surface area contributed by atoms with Crippen LogP contribution in [0, 0.1) is 0 Å². The van der Waals surface area contributed by atoms with Crippen LogP contribution >= 0.6 is 11.6 Å². The van der Waals surface area contributed by atoms with E-state index in [1.54, 1.807) is 49.6 Å². The minimum atomic E-state index is -0.811. The molecule has 1 amide bonds. The Kier molecular flexibility index (Phi) is 7.77. The second kappa shape index (κ2) is 10.5. The Bertz CT molecular complexity index is 1030. The van der Waals surface area contributed by atoms with Crippen molar-refractivity contribution < 1.29 is 28.9 Å². The molecule has 0 bridgehead atoms. The molecule has 8 heteroatoms.